The normalized spacial score (nSPS) is 14.3. The van der Waals surface area contributed by atoms with Gasteiger partial charge in [0.05, 0.1) is 13.2 Å². The van der Waals surface area contributed by atoms with E-state index in [1.165, 1.54) is 16.7 Å². The number of hydrogen-bond acceptors (Lipinski definition) is 5. The largest absolute Gasteiger partial charge is 0.378 e. The number of aromatic nitrogens is 2. The number of ether oxygens (including phenoxy) is 1. The summed E-state index contributed by atoms with van der Waals surface area (Å²) in [5, 5.41) is 2.55. The van der Waals surface area contributed by atoms with Crippen molar-refractivity contribution in [3.63, 3.8) is 0 Å². The summed E-state index contributed by atoms with van der Waals surface area (Å²) >= 11 is 0. The van der Waals surface area contributed by atoms with Crippen molar-refractivity contribution in [2.45, 2.75) is 20.0 Å². The molecule has 1 aliphatic rings. The lowest BCUT2D eigenvalue weighted by atomic mass is 10.2. The zero-order valence-corrected chi connectivity index (χ0v) is 14.9. The molecule has 0 radical (unpaired) electrons. The van der Waals surface area contributed by atoms with Gasteiger partial charge in [-0.3, -0.25) is 14.2 Å². The van der Waals surface area contributed by atoms with E-state index in [0.717, 1.165) is 12.1 Å². The first kappa shape index (κ1) is 19.0. The van der Waals surface area contributed by atoms with Gasteiger partial charge >= 0.3 is 0 Å². The van der Waals surface area contributed by atoms with Crippen molar-refractivity contribution in [3.05, 3.63) is 57.5 Å². The predicted octanol–water partition coefficient (Wildman–Crippen LogP) is 0.983. The molecule has 1 aliphatic heterocycles. The Bertz CT molecular complexity index is 895. The number of carbonyl (C=O) groups excluding carboxylic acids is 1. The van der Waals surface area contributed by atoms with Crippen LogP contribution in [0, 0.1) is 18.6 Å². The van der Waals surface area contributed by atoms with E-state index >= 15 is 0 Å². The van der Waals surface area contributed by atoms with Crippen LogP contribution >= 0.6 is 0 Å². The standard InChI is InChI=1S/C18H20F2N4O3/c1-12-8-17(26)24(18(22-12)23-4-6-27-7-5-23)11-16(25)21-10-13-2-3-14(19)9-15(13)20/h2-3,8-9H,4-7,10-11H2,1H3,(H,21,25). The van der Waals surface area contributed by atoms with Gasteiger partial charge in [0.15, 0.2) is 0 Å². The lowest BCUT2D eigenvalue weighted by Gasteiger charge is -2.29. The molecule has 0 unspecified atom stereocenters. The van der Waals surface area contributed by atoms with Crippen LogP contribution < -0.4 is 15.8 Å². The number of morpholine rings is 1. The first-order valence-electron chi connectivity index (χ1n) is 8.56. The van der Waals surface area contributed by atoms with Crippen molar-refractivity contribution in [2.75, 3.05) is 31.2 Å². The lowest BCUT2D eigenvalue weighted by Crippen LogP contribution is -2.42. The first-order valence-corrected chi connectivity index (χ1v) is 8.56. The molecule has 0 atom stereocenters. The Balaban J connectivity index is 1.74. The monoisotopic (exact) mass is 378 g/mol. The van der Waals surface area contributed by atoms with Crippen LogP contribution in [0.5, 0.6) is 0 Å². The van der Waals surface area contributed by atoms with E-state index < -0.39 is 17.5 Å². The van der Waals surface area contributed by atoms with E-state index in [0.29, 0.717) is 37.9 Å². The molecule has 1 amide bonds. The molecule has 0 aliphatic carbocycles. The smallest absolute Gasteiger partial charge is 0.255 e. The molecule has 3 rings (SSSR count). The molecule has 2 aromatic rings. The number of amides is 1. The van der Waals surface area contributed by atoms with Gasteiger partial charge in [-0.2, -0.15) is 0 Å². The molecule has 144 valence electrons. The lowest BCUT2D eigenvalue weighted by molar-refractivity contribution is -0.121. The number of carbonyl (C=O) groups is 1. The fourth-order valence-corrected chi connectivity index (χ4v) is 2.82. The Hall–Kier alpha value is -2.81. The summed E-state index contributed by atoms with van der Waals surface area (Å²) in [7, 11) is 0. The Morgan fingerprint density at radius 2 is 2.00 bits per heavy atom. The number of rotatable bonds is 5. The summed E-state index contributed by atoms with van der Waals surface area (Å²) in [4.78, 5) is 31.0. The second-order valence-corrected chi connectivity index (χ2v) is 6.23. The number of anilines is 1. The third-order valence-electron chi connectivity index (χ3n) is 4.20. The third-order valence-corrected chi connectivity index (χ3v) is 4.20. The molecule has 1 aromatic heterocycles. The van der Waals surface area contributed by atoms with Crippen LogP contribution in [0.25, 0.3) is 0 Å². The van der Waals surface area contributed by atoms with Crippen LogP contribution in [0.15, 0.2) is 29.1 Å². The molecular weight excluding hydrogens is 358 g/mol. The summed E-state index contributed by atoms with van der Waals surface area (Å²) in [5.74, 6) is -1.49. The maximum absolute atomic E-state index is 13.7. The number of halogens is 2. The number of benzene rings is 1. The molecule has 1 fully saturated rings. The molecule has 1 N–H and O–H groups in total. The molecule has 0 bridgehead atoms. The fourth-order valence-electron chi connectivity index (χ4n) is 2.82. The van der Waals surface area contributed by atoms with Crippen LogP contribution in [0.4, 0.5) is 14.7 Å². The molecule has 0 saturated carbocycles. The van der Waals surface area contributed by atoms with Crippen molar-refractivity contribution < 1.29 is 18.3 Å². The van der Waals surface area contributed by atoms with Crippen LogP contribution in [-0.4, -0.2) is 41.8 Å². The molecule has 27 heavy (non-hydrogen) atoms. The number of nitrogens with zero attached hydrogens (tertiary/aromatic N) is 3. The van der Waals surface area contributed by atoms with Gasteiger partial charge in [-0.25, -0.2) is 13.8 Å². The summed E-state index contributed by atoms with van der Waals surface area (Å²) < 4.78 is 33.2. The van der Waals surface area contributed by atoms with E-state index in [2.05, 4.69) is 10.3 Å². The Morgan fingerprint density at radius 3 is 2.70 bits per heavy atom. The fraction of sp³-hybridized carbons (Fsp3) is 0.389. The van der Waals surface area contributed by atoms with Crippen molar-refractivity contribution in [2.24, 2.45) is 0 Å². The average molecular weight is 378 g/mol. The highest BCUT2D eigenvalue weighted by atomic mass is 19.1. The highest BCUT2D eigenvalue weighted by molar-refractivity contribution is 5.76. The van der Waals surface area contributed by atoms with Gasteiger partial charge in [0.1, 0.15) is 18.2 Å². The molecular formula is C18H20F2N4O3. The topological polar surface area (TPSA) is 76.5 Å². The third kappa shape index (κ3) is 4.68. The van der Waals surface area contributed by atoms with Gasteiger partial charge in [0.25, 0.3) is 5.56 Å². The summed E-state index contributed by atoms with van der Waals surface area (Å²) in [6.07, 6.45) is 0. The molecule has 1 aromatic carbocycles. The minimum atomic E-state index is -0.738. The second kappa shape index (κ2) is 8.26. The van der Waals surface area contributed by atoms with Crippen LogP contribution in [0.1, 0.15) is 11.3 Å². The van der Waals surface area contributed by atoms with Gasteiger partial charge < -0.3 is 15.0 Å². The summed E-state index contributed by atoms with van der Waals surface area (Å²) in [6, 6.07) is 4.50. The molecule has 7 nitrogen and oxygen atoms in total. The molecule has 2 heterocycles. The summed E-state index contributed by atoms with van der Waals surface area (Å²) in [5.41, 5.74) is 0.381. The van der Waals surface area contributed by atoms with Crippen LogP contribution in [0.2, 0.25) is 0 Å². The molecule has 9 heteroatoms. The zero-order valence-electron chi connectivity index (χ0n) is 14.9. The number of nitrogens with one attached hydrogen (secondary N) is 1. The van der Waals surface area contributed by atoms with Crippen LogP contribution in [-0.2, 0) is 22.6 Å². The Labute approximate surface area is 154 Å². The minimum absolute atomic E-state index is 0.105. The van der Waals surface area contributed by atoms with E-state index in [4.69, 9.17) is 4.74 Å². The van der Waals surface area contributed by atoms with Crippen molar-refractivity contribution in [3.8, 4) is 0 Å². The number of hydrogen-bond donors (Lipinski definition) is 1. The van der Waals surface area contributed by atoms with E-state index in [-0.39, 0.29) is 24.2 Å². The highest BCUT2D eigenvalue weighted by Gasteiger charge is 2.19. The van der Waals surface area contributed by atoms with Gasteiger partial charge in [-0.15, -0.1) is 0 Å². The van der Waals surface area contributed by atoms with Gasteiger partial charge in [0, 0.05) is 43.0 Å². The Morgan fingerprint density at radius 1 is 1.26 bits per heavy atom. The number of aryl methyl sites for hydroxylation is 1. The van der Waals surface area contributed by atoms with E-state index in [1.54, 1.807) is 6.92 Å². The van der Waals surface area contributed by atoms with Gasteiger partial charge in [-0.1, -0.05) is 6.07 Å². The Kier molecular flexibility index (Phi) is 5.80. The van der Waals surface area contributed by atoms with Gasteiger partial charge in [-0.05, 0) is 13.0 Å². The molecule has 1 saturated heterocycles. The summed E-state index contributed by atoms with van der Waals surface area (Å²) in [6.45, 7) is 3.52. The maximum Gasteiger partial charge on any atom is 0.255 e. The van der Waals surface area contributed by atoms with Crippen LogP contribution in [0.3, 0.4) is 0 Å². The van der Waals surface area contributed by atoms with E-state index in [1.807, 2.05) is 4.90 Å². The maximum atomic E-state index is 13.7. The highest BCUT2D eigenvalue weighted by Crippen LogP contribution is 2.12. The minimum Gasteiger partial charge on any atom is -0.378 e. The molecule has 0 spiro atoms. The predicted molar refractivity (Wildman–Crippen MR) is 94.5 cm³/mol. The second-order valence-electron chi connectivity index (χ2n) is 6.23. The average Bonchev–Trinajstić information content (AvgIpc) is 2.63. The zero-order chi connectivity index (χ0) is 19.4. The first-order chi connectivity index (χ1) is 12.9. The quantitative estimate of drug-likeness (QED) is 0.840. The van der Waals surface area contributed by atoms with Crippen molar-refractivity contribution >= 4 is 11.9 Å². The van der Waals surface area contributed by atoms with E-state index in [9.17, 15) is 18.4 Å². The van der Waals surface area contributed by atoms with Crippen molar-refractivity contribution in [1.82, 2.24) is 14.9 Å². The SMILES string of the molecule is Cc1cc(=O)n(CC(=O)NCc2ccc(F)cc2F)c(N2CCOCC2)n1. The van der Waals surface area contributed by atoms with Crippen molar-refractivity contribution in [1.29, 1.82) is 0 Å². The van der Waals surface area contributed by atoms with Gasteiger partial charge in [0.2, 0.25) is 11.9 Å².